The Bertz CT molecular complexity index is 57.6. The normalized spacial score (nSPS) is 9.90. The molecule has 0 spiro atoms. The molecule has 0 bridgehead atoms. The minimum atomic E-state index is -2.11. The molecule has 0 aromatic rings. The molecule has 0 atom stereocenters. The third-order valence-electron chi connectivity index (χ3n) is 1.11. The van der Waals surface area contributed by atoms with Crippen LogP contribution in [0, 0.1) is 0 Å². The Morgan fingerprint density at radius 3 is 1.40 bits per heavy atom. The molecular weight excluding hydrogens is 164 g/mol. The lowest BCUT2D eigenvalue weighted by Crippen LogP contribution is -2.39. The number of rotatable bonds is 3. The van der Waals surface area contributed by atoms with E-state index < -0.39 is 8.80 Å². The molecule has 0 aromatic heterocycles. The van der Waals surface area contributed by atoms with Crippen LogP contribution in [0.15, 0.2) is 0 Å². The quantitative estimate of drug-likeness (QED) is 0.595. The molecule has 0 aliphatic carbocycles. The average Bonchev–Trinajstić information content (AvgIpc) is 1.87. The van der Waals surface area contributed by atoms with E-state index in [2.05, 4.69) is 0 Å². The third kappa shape index (κ3) is 5.13. The Labute approximate surface area is 68.6 Å². The van der Waals surface area contributed by atoms with Gasteiger partial charge < -0.3 is 13.0 Å². The summed E-state index contributed by atoms with van der Waals surface area (Å²) in [4.78, 5) is 0. The topological polar surface area (TPSA) is 27.7 Å². The van der Waals surface area contributed by atoms with Crippen molar-refractivity contribution >= 4 is 19.3 Å². The van der Waals surface area contributed by atoms with Crippen LogP contribution in [0.4, 0.5) is 0 Å². The van der Waals surface area contributed by atoms with Gasteiger partial charge in [0.25, 0.3) is 0 Å². The summed E-state index contributed by atoms with van der Waals surface area (Å²) >= 11 is 0. The number of hydrogen-bond donors (Lipinski definition) is 0. The molecule has 0 saturated carbocycles. The molecule has 0 heterocycles. The van der Waals surface area contributed by atoms with Crippen molar-refractivity contribution < 1.29 is 13.0 Å². The molecule has 3 nitrogen and oxygen atoms in total. The zero-order valence-corrected chi connectivity index (χ0v) is 8.72. The molecule has 0 N–H and O–H groups in total. The lowest BCUT2D eigenvalue weighted by molar-refractivity contribution is 0.175. The largest absolute Gasteiger partial charge is 0.486 e. The first-order valence-electron chi connectivity index (χ1n) is 2.34. The summed E-state index contributed by atoms with van der Waals surface area (Å²) in [6.07, 6.45) is 0. The zero-order valence-electron chi connectivity index (χ0n) is 5.72. The maximum atomic E-state index is 5.07. The molecule has 0 aromatic carbocycles. The molecule has 0 radical (unpaired) electrons. The Morgan fingerprint density at radius 1 is 1.10 bits per heavy atom. The lowest BCUT2D eigenvalue weighted by Gasteiger charge is -2.19. The van der Waals surface area contributed by atoms with Crippen molar-refractivity contribution in [3.63, 3.8) is 0 Å². The monoisotopic (exact) mass is 184 g/mol. The first-order valence-corrected chi connectivity index (χ1v) is 5.38. The van der Waals surface area contributed by atoms with E-state index in [1.54, 1.807) is 14.2 Å². The van der Waals surface area contributed by atoms with E-state index in [9.17, 15) is 0 Å². The van der Waals surface area contributed by atoms with Crippen LogP contribution in [0.1, 0.15) is 14.9 Å². The predicted octanol–water partition coefficient (Wildman–Crippen LogP) is 0.417. The van der Waals surface area contributed by atoms with Crippen LogP contribution in [0.2, 0.25) is 6.55 Å². The smallest absolute Gasteiger partial charge is 0.425 e. The van der Waals surface area contributed by atoms with Crippen LogP contribution in [0.5, 0.6) is 0 Å². The van der Waals surface area contributed by atoms with E-state index in [1.807, 2.05) is 6.55 Å². The molecule has 0 rings (SSSR count). The maximum absolute atomic E-state index is 5.07. The predicted molar refractivity (Wildman–Crippen MR) is 50.1 cm³/mol. The van der Waals surface area contributed by atoms with Crippen LogP contribution in [-0.4, -0.2) is 33.5 Å². The van der Waals surface area contributed by atoms with Gasteiger partial charge in [-0.1, -0.05) is 14.9 Å². The molecular formula is C5H20O3Si2. The summed E-state index contributed by atoms with van der Waals surface area (Å²) in [7, 11) is 1.78. The summed E-state index contributed by atoms with van der Waals surface area (Å²) in [6, 6.07) is 0. The van der Waals surface area contributed by atoms with Crippen LogP contribution >= 0.6 is 0 Å². The summed E-state index contributed by atoms with van der Waals surface area (Å²) in [5.41, 5.74) is 0. The molecule has 10 heavy (non-hydrogen) atoms. The molecule has 0 aliphatic rings. The van der Waals surface area contributed by atoms with E-state index in [1.165, 1.54) is 0 Å². The molecule has 0 amide bonds. The van der Waals surface area contributed by atoms with Crippen molar-refractivity contribution in [2.45, 2.75) is 21.4 Å². The summed E-state index contributed by atoms with van der Waals surface area (Å²) < 4.78 is 15.0. The molecule has 5 heteroatoms. The van der Waals surface area contributed by atoms with Crippen LogP contribution in [0.25, 0.3) is 0 Å². The second kappa shape index (κ2) is 7.42. The standard InChI is InChI=1S/C3H12O3Si2.2CH4/c1-4-8(3,5-2)6-7;;/h1-3,7H3;2*1H4. The first kappa shape index (κ1) is 16.7. The fourth-order valence-corrected chi connectivity index (χ4v) is 1.75. The van der Waals surface area contributed by atoms with E-state index in [-0.39, 0.29) is 14.9 Å². The van der Waals surface area contributed by atoms with Crippen molar-refractivity contribution in [1.82, 2.24) is 0 Å². The van der Waals surface area contributed by atoms with Gasteiger partial charge in [0, 0.05) is 20.8 Å². The van der Waals surface area contributed by atoms with Crippen molar-refractivity contribution in [1.29, 1.82) is 0 Å². The third-order valence-corrected chi connectivity index (χ3v) is 5.56. The summed E-state index contributed by atoms with van der Waals surface area (Å²) in [6.45, 7) is 1.86. The minimum Gasteiger partial charge on any atom is -0.425 e. The molecule has 0 aliphatic heterocycles. The van der Waals surface area contributed by atoms with Gasteiger partial charge >= 0.3 is 8.80 Å². The van der Waals surface area contributed by atoms with Crippen LogP contribution in [-0.2, 0) is 13.0 Å². The van der Waals surface area contributed by atoms with E-state index >= 15 is 0 Å². The van der Waals surface area contributed by atoms with E-state index in [0.29, 0.717) is 10.5 Å². The van der Waals surface area contributed by atoms with Gasteiger partial charge in [-0.3, -0.25) is 0 Å². The Kier molecular flexibility index (Phi) is 12.4. The van der Waals surface area contributed by atoms with Gasteiger partial charge in [-0.25, -0.2) is 0 Å². The van der Waals surface area contributed by atoms with Gasteiger partial charge in [0.05, 0.1) is 0 Å². The summed E-state index contributed by atoms with van der Waals surface area (Å²) in [5.74, 6) is 0. The Morgan fingerprint density at radius 2 is 1.40 bits per heavy atom. The van der Waals surface area contributed by atoms with Crippen molar-refractivity contribution in [2.75, 3.05) is 14.2 Å². The highest BCUT2D eigenvalue weighted by molar-refractivity contribution is 6.62. The van der Waals surface area contributed by atoms with Gasteiger partial charge in [0.2, 0.25) is 0 Å². The first-order chi connectivity index (χ1) is 3.68. The molecule has 0 fully saturated rings. The highest BCUT2D eigenvalue weighted by atomic mass is 28.4. The SMILES string of the molecule is C.C.CO[Si](C)(OC)O[SiH3]. The van der Waals surface area contributed by atoms with Gasteiger partial charge in [0.1, 0.15) is 10.5 Å². The molecule has 0 unspecified atom stereocenters. The fraction of sp³-hybridized carbons (Fsp3) is 1.00. The summed E-state index contributed by atoms with van der Waals surface area (Å²) in [5, 5.41) is 0. The maximum Gasteiger partial charge on any atom is 0.486 e. The second-order valence-electron chi connectivity index (χ2n) is 1.47. The molecule has 66 valence electrons. The second-order valence-corrected chi connectivity index (χ2v) is 5.65. The minimum absolute atomic E-state index is 0. The van der Waals surface area contributed by atoms with Gasteiger partial charge in [0.15, 0.2) is 0 Å². The number of hydrogen-bond acceptors (Lipinski definition) is 3. The van der Waals surface area contributed by atoms with Crippen molar-refractivity contribution in [3.8, 4) is 0 Å². The zero-order chi connectivity index (χ0) is 6.62. The Hall–Kier alpha value is 0.314. The average molecular weight is 184 g/mol. The van der Waals surface area contributed by atoms with Crippen LogP contribution < -0.4 is 0 Å². The van der Waals surface area contributed by atoms with Gasteiger partial charge in [-0.15, -0.1) is 0 Å². The van der Waals surface area contributed by atoms with Gasteiger partial charge in [-0.05, 0) is 0 Å². The van der Waals surface area contributed by atoms with E-state index in [4.69, 9.17) is 13.0 Å². The van der Waals surface area contributed by atoms with Gasteiger partial charge in [-0.2, -0.15) is 0 Å². The highest BCUT2D eigenvalue weighted by Crippen LogP contribution is 2.01. The van der Waals surface area contributed by atoms with Crippen molar-refractivity contribution in [2.24, 2.45) is 0 Å². The molecule has 0 saturated heterocycles. The van der Waals surface area contributed by atoms with Crippen molar-refractivity contribution in [3.05, 3.63) is 0 Å². The van der Waals surface area contributed by atoms with E-state index in [0.717, 1.165) is 0 Å². The van der Waals surface area contributed by atoms with Crippen LogP contribution in [0.3, 0.4) is 0 Å². The Balaban J connectivity index is -0.000000245. The fourth-order valence-electron chi connectivity index (χ4n) is 0.250. The lowest BCUT2D eigenvalue weighted by atomic mass is 11.8. The highest BCUT2D eigenvalue weighted by Gasteiger charge is 2.28.